The first kappa shape index (κ1) is 22.5. The number of carbonyl (C=O) groups is 1. The Bertz CT molecular complexity index is 1230. The summed E-state index contributed by atoms with van der Waals surface area (Å²) in [5.41, 5.74) is 1.52. The Morgan fingerprint density at radius 3 is 2.16 bits per heavy atom. The van der Waals surface area contributed by atoms with Crippen molar-refractivity contribution in [2.75, 3.05) is 7.11 Å². The molecule has 0 saturated carbocycles. The first-order valence-corrected chi connectivity index (χ1v) is 11.2. The summed E-state index contributed by atoms with van der Waals surface area (Å²) in [4.78, 5) is 24.9. The maximum atomic E-state index is 12.9. The van der Waals surface area contributed by atoms with Gasteiger partial charge in [0.15, 0.2) is 0 Å². The van der Waals surface area contributed by atoms with E-state index >= 15 is 0 Å². The molecule has 0 saturated heterocycles. The van der Waals surface area contributed by atoms with Crippen molar-refractivity contribution < 1.29 is 17.9 Å². The third kappa shape index (κ3) is 4.62. The molecule has 0 aliphatic rings. The first-order chi connectivity index (χ1) is 14.7. The van der Waals surface area contributed by atoms with E-state index in [4.69, 9.17) is 4.74 Å². The monoisotopic (exact) mass is 443 g/mol. The molecule has 31 heavy (non-hydrogen) atoms. The van der Waals surface area contributed by atoms with Gasteiger partial charge < -0.3 is 4.74 Å². The first-order valence-electron chi connectivity index (χ1n) is 9.69. The molecule has 0 amide bonds. The van der Waals surface area contributed by atoms with Gasteiger partial charge in [-0.05, 0) is 35.7 Å². The number of hydrogen-bond acceptors (Lipinski definition) is 5. The predicted molar refractivity (Wildman–Crippen MR) is 117 cm³/mol. The largest absolute Gasteiger partial charge is 0.468 e. The van der Waals surface area contributed by atoms with Crippen molar-refractivity contribution in [1.82, 2.24) is 14.1 Å². The SMILES string of the molecule is COC(=O)[C@@H](NS(=O)(=O)c1ccc(-n2c(=O)c(C(C)C)cn2C)cc1)c1ccccc1. The van der Waals surface area contributed by atoms with Crippen LogP contribution in [0.1, 0.15) is 36.9 Å². The fourth-order valence-electron chi connectivity index (χ4n) is 3.28. The van der Waals surface area contributed by atoms with Crippen LogP contribution < -0.4 is 10.3 Å². The molecule has 3 aromatic rings. The summed E-state index contributed by atoms with van der Waals surface area (Å²) in [7, 11) is -1.09. The Morgan fingerprint density at radius 2 is 1.65 bits per heavy atom. The lowest BCUT2D eigenvalue weighted by Gasteiger charge is -2.17. The second kappa shape index (κ2) is 8.91. The van der Waals surface area contributed by atoms with Gasteiger partial charge in [-0.3, -0.25) is 9.48 Å². The Labute approximate surface area is 181 Å². The van der Waals surface area contributed by atoms with Crippen LogP contribution in [0.4, 0.5) is 0 Å². The van der Waals surface area contributed by atoms with Crippen LogP contribution in [0.25, 0.3) is 5.69 Å². The van der Waals surface area contributed by atoms with Crippen LogP contribution in [0, 0.1) is 0 Å². The number of aromatic nitrogens is 2. The lowest BCUT2D eigenvalue weighted by Crippen LogP contribution is -2.34. The van der Waals surface area contributed by atoms with E-state index in [1.54, 1.807) is 60.4 Å². The Morgan fingerprint density at radius 1 is 1.03 bits per heavy atom. The van der Waals surface area contributed by atoms with Gasteiger partial charge in [-0.15, -0.1) is 0 Å². The highest BCUT2D eigenvalue weighted by Gasteiger charge is 2.28. The number of ether oxygens (including phenoxy) is 1. The van der Waals surface area contributed by atoms with Gasteiger partial charge in [0, 0.05) is 18.8 Å². The summed E-state index contributed by atoms with van der Waals surface area (Å²) in [5, 5.41) is 0. The lowest BCUT2D eigenvalue weighted by molar-refractivity contribution is -0.142. The van der Waals surface area contributed by atoms with Crippen molar-refractivity contribution in [2.45, 2.75) is 30.7 Å². The molecule has 8 nitrogen and oxygen atoms in total. The highest BCUT2D eigenvalue weighted by atomic mass is 32.2. The second-order valence-corrected chi connectivity index (χ2v) is 9.13. The number of rotatable bonds is 7. The molecule has 1 atom stereocenters. The van der Waals surface area contributed by atoms with E-state index in [2.05, 4.69) is 4.72 Å². The van der Waals surface area contributed by atoms with E-state index in [1.807, 2.05) is 13.8 Å². The highest BCUT2D eigenvalue weighted by Crippen LogP contribution is 2.20. The van der Waals surface area contributed by atoms with E-state index in [0.29, 0.717) is 16.8 Å². The molecule has 3 rings (SSSR count). The van der Waals surface area contributed by atoms with E-state index in [1.165, 1.54) is 23.9 Å². The van der Waals surface area contributed by atoms with Gasteiger partial charge in [0.25, 0.3) is 5.56 Å². The molecule has 0 radical (unpaired) electrons. The van der Waals surface area contributed by atoms with Gasteiger partial charge in [0.05, 0.1) is 17.7 Å². The fraction of sp³-hybridized carbons (Fsp3) is 0.273. The Balaban J connectivity index is 1.93. The molecular formula is C22H25N3O5S. The fourth-order valence-corrected chi connectivity index (χ4v) is 4.45. The van der Waals surface area contributed by atoms with Gasteiger partial charge in [0.1, 0.15) is 6.04 Å². The van der Waals surface area contributed by atoms with Gasteiger partial charge in [0.2, 0.25) is 10.0 Å². The number of carbonyl (C=O) groups excluding carboxylic acids is 1. The minimum absolute atomic E-state index is 0.0348. The van der Waals surface area contributed by atoms with Crippen LogP contribution in [0.2, 0.25) is 0 Å². The van der Waals surface area contributed by atoms with E-state index < -0.39 is 22.0 Å². The number of benzene rings is 2. The minimum Gasteiger partial charge on any atom is -0.468 e. The van der Waals surface area contributed by atoms with Crippen molar-refractivity contribution in [3.63, 3.8) is 0 Å². The average Bonchev–Trinajstić information content (AvgIpc) is 3.06. The molecule has 2 aromatic carbocycles. The summed E-state index contributed by atoms with van der Waals surface area (Å²) in [6.07, 6.45) is 1.76. The van der Waals surface area contributed by atoms with E-state index in [-0.39, 0.29) is 16.4 Å². The van der Waals surface area contributed by atoms with Crippen LogP contribution in [0.5, 0.6) is 0 Å². The third-order valence-corrected chi connectivity index (χ3v) is 6.38. The molecule has 164 valence electrons. The van der Waals surface area contributed by atoms with Crippen molar-refractivity contribution in [3.05, 3.63) is 82.3 Å². The number of methoxy groups -OCH3 is 1. The number of nitrogens with zero attached hydrogens (tertiary/aromatic N) is 2. The molecule has 1 heterocycles. The van der Waals surface area contributed by atoms with Gasteiger partial charge in [-0.25, -0.2) is 17.9 Å². The number of nitrogens with one attached hydrogen (secondary N) is 1. The van der Waals surface area contributed by atoms with Gasteiger partial charge in [-0.1, -0.05) is 44.2 Å². The maximum absolute atomic E-state index is 12.9. The van der Waals surface area contributed by atoms with Crippen LogP contribution in [0.15, 0.2) is 70.5 Å². The van der Waals surface area contributed by atoms with Crippen molar-refractivity contribution in [1.29, 1.82) is 0 Å². The maximum Gasteiger partial charge on any atom is 0.328 e. The van der Waals surface area contributed by atoms with Gasteiger partial charge in [-0.2, -0.15) is 4.72 Å². The number of hydrogen-bond donors (Lipinski definition) is 1. The summed E-state index contributed by atoms with van der Waals surface area (Å²) >= 11 is 0. The van der Waals surface area contributed by atoms with Crippen LogP contribution in [-0.2, 0) is 26.6 Å². The molecule has 0 aliphatic heterocycles. The molecule has 0 fully saturated rings. The quantitative estimate of drug-likeness (QED) is 0.566. The van der Waals surface area contributed by atoms with Crippen molar-refractivity contribution in [3.8, 4) is 5.69 Å². The third-order valence-electron chi connectivity index (χ3n) is 4.94. The van der Waals surface area contributed by atoms with E-state index in [9.17, 15) is 18.0 Å². The standard InChI is InChI=1S/C22H25N3O5S/c1-15(2)19-14-24(3)25(21(19)26)17-10-12-18(13-11-17)31(28,29)23-20(22(27)30-4)16-8-6-5-7-9-16/h5-15,20,23H,1-4H3/t20-/m0/s1. The molecule has 0 aliphatic carbocycles. The predicted octanol–water partition coefficient (Wildman–Crippen LogP) is 2.49. The normalized spacial score (nSPS) is 12.7. The number of sulfonamides is 1. The molecular weight excluding hydrogens is 418 g/mol. The van der Waals surface area contributed by atoms with E-state index in [0.717, 1.165) is 0 Å². The topological polar surface area (TPSA) is 99.4 Å². The summed E-state index contributed by atoms with van der Waals surface area (Å²) in [5.74, 6) is -0.653. The molecule has 1 aromatic heterocycles. The highest BCUT2D eigenvalue weighted by molar-refractivity contribution is 7.89. The summed E-state index contributed by atoms with van der Waals surface area (Å²) in [6.45, 7) is 3.87. The smallest absolute Gasteiger partial charge is 0.328 e. The lowest BCUT2D eigenvalue weighted by atomic mass is 10.1. The Kier molecular flexibility index (Phi) is 6.47. The molecule has 0 bridgehead atoms. The molecule has 0 unspecified atom stereocenters. The molecule has 0 spiro atoms. The Hall–Kier alpha value is -3.17. The van der Waals surface area contributed by atoms with Crippen molar-refractivity contribution in [2.24, 2.45) is 7.05 Å². The average molecular weight is 444 g/mol. The van der Waals surface area contributed by atoms with Crippen LogP contribution in [-0.4, -0.2) is 30.9 Å². The van der Waals surface area contributed by atoms with Gasteiger partial charge >= 0.3 is 5.97 Å². The summed E-state index contributed by atoms with van der Waals surface area (Å²) < 4.78 is 36.1. The number of esters is 1. The zero-order valence-electron chi connectivity index (χ0n) is 17.8. The van der Waals surface area contributed by atoms with Crippen LogP contribution >= 0.6 is 0 Å². The molecule has 1 N–H and O–H groups in total. The van der Waals surface area contributed by atoms with Crippen LogP contribution in [0.3, 0.4) is 0 Å². The number of aryl methyl sites for hydroxylation is 1. The zero-order chi connectivity index (χ0) is 22.8. The zero-order valence-corrected chi connectivity index (χ0v) is 18.6. The minimum atomic E-state index is -4.04. The van der Waals surface area contributed by atoms with Crippen molar-refractivity contribution >= 4 is 16.0 Å². The summed E-state index contributed by atoms with van der Waals surface area (Å²) in [6, 6.07) is 13.2. The molecule has 9 heteroatoms. The second-order valence-electron chi connectivity index (χ2n) is 7.41.